The topological polar surface area (TPSA) is 35.5 Å². The second-order valence-electron chi connectivity index (χ2n) is 4.96. The van der Waals surface area contributed by atoms with Crippen LogP contribution in [0.15, 0.2) is 11.1 Å². The fourth-order valence-corrected chi connectivity index (χ4v) is 2.34. The number of carbonyl (C=O) groups excluding carboxylic acids is 1. The Balaban J connectivity index is 2.45. The predicted octanol–water partition coefficient (Wildman–Crippen LogP) is 1.15. The number of esters is 1. The van der Waals surface area contributed by atoms with Gasteiger partial charge < -0.3 is 9.47 Å². The van der Waals surface area contributed by atoms with Crippen molar-refractivity contribution in [1.82, 2.24) is 0 Å². The van der Waals surface area contributed by atoms with E-state index >= 15 is 0 Å². The lowest BCUT2D eigenvalue weighted by Crippen LogP contribution is -2.42. The van der Waals surface area contributed by atoms with Gasteiger partial charge in [-0.05, 0) is 40.0 Å². The number of allylic oxidation sites excluding steroid dienone is 1. The number of carbonyl (C=O) groups is 1. The van der Waals surface area contributed by atoms with Crippen LogP contribution >= 0.6 is 0 Å². The van der Waals surface area contributed by atoms with Crippen LogP contribution in [0.5, 0.6) is 0 Å². The van der Waals surface area contributed by atoms with Crippen LogP contribution in [-0.4, -0.2) is 34.6 Å². The van der Waals surface area contributed by atoms with Gasteiger partial charge in [-0.1, -0.05) is 5.57 Å². The second kappa shape index (κ2) is 5.64. The van der Waals surface area contributed by atoms with Gasteiger partial charge in [-0.2, -0.15) is 0 Å². The van der Waals surface area contributed by atoms with Crippen molar-refractivity contribution in [2.75, 3.05) is 13.2 Å². The Bertz CT molecular complexity index is 287. The lowest BCUT2D eigenvalue weighted by atomic mass is 10.1. The first-order valence-electron chi connectivity index (χ1n) is 5.90. The molecule has 0 saturated carbocycles. The second-order valence-corrected chi connectivity index (χ2v) is 6.78. The molecule has 0 amide bonds. The van der Waals surface area contributed by atoms with Gasteiger partial charge in [0.05, 0.1) is 5.22 Å². The van der Waals surface area contributed by atoms with E-state index < -0.39 is 0 Å². The van der Waals surface area contributed by atoms with Crippen molar-refractivity contribution in [3.05, 3.63) is 11.1 Å². The lowest BCUT2D eigenvalue weighted by molar-refractivity contribution is -0.147. The quantitative estimate of drug-likeness (QED) is 0.423. The molecule has 3 nitrogen and oxygen atoms in total. The molecule has 1 atom stereocenters. The van der Waals surface area contributed by atoms with Crippen molar-refractivity contribution in [1.29, 1.82) is 0 Å². The largest absolute Gasteiger partial charge is 0.460 e. The van der Waals surface area contributed by atoms with Gasteiger partial charge in [-0.25, -0.2) is 4.79 Å². The summed E-state index contributed by atoms with van der Waals surface area (Å²) >= 11 is 0. The van der Waals surface area contributed by atoms with Crippen molar-refractivity contribution < 1.29 is 14.3 Å². The van der Waals surface area contributed by atoms with Crippen LogP contribution in [0.3, 0.4) is 0 Å². The molecular weight excluding hydrogens is 220 g/mol. The maximum Gasteiger partial charge on any atom is 0.333 e. The van der Waals surface area contributed by atoms with Crippen LogP contribution in [0, 0.1) is 0 Å². The molecular formula is C12H22O3Si. The molecule has 1 saturated heterocycles. The van der Waals surface area contributed by atoms with E-state index in [4.69, 9.17) is 9.47 Å². The molecule has 1 unspecified atom stereocenters. The molecule has 0 spiro atoms. The summed E-state index contributed by atoms with van der Waals surface area (Å²) in [6.07, 6.45) is 3.34. The van der Waals surface area contributed by atoms with Crippen molar-refractivity contribution >= 4 is 16.2 Å². The Morgan fingerprint density at radius 2 is 2.06 bits per heavy atom. The SMILES string of the molecule is CC(C)=C(C)C(=O)OCC1([SiH3])CCCCO1. The molecule has 0 N–H and O–H groups in total. The van der Waals surface area contributed by atoms with Crippen molar-refractivity contribution in [2.24, 2.45) is 0 Å². The van der Waals surface area contributed by atoms with Gasteiger partial charge in [0.15, 0.2) is 0 Å². The van der Waals surface area contributed by atoms with E-state index in [1.165, 1.54) is 6.42 Å². The normalized spacial score (nSPS) is 25.2. The number of hydrogen-bond donors (Lipinski definition) is 0. The smallest absolute Gasteiger partial charge is 0.333 e. The molecule has 0 aromatic rings. The zero-order chi connectivity index (χ0) is 12.2. The van der Waals surface area contributed by atoms with Crippen LogP contribution in [0.25, 0.3) is 0 Å². The van der Waals surface area contributed by atoms with Gasteiger partial charge in [0.2, 0.25) is 0 Å². The first-order valence-corrected chi connectivity index (χ1v) is 6.90. The summed E-state index contributed by atoms with van der Waals surface area (Å²) < 4.78 is 11.0. The minimum absolute atomic E-state index is 0.143. The zero-order valence-corrected chi connectivity index (χ0v) is 12.8. The van der Waals surface area contributed by atoms with Crippen LogP contribution in [0.2, 0.25) is 0 Å². The maximum atomic E-state index is 11.6. The molecule has 1 rings (SSSR count). The van der Waals surface area contributed by atoms with Crippen LogP contribution in [-0.2, 0) is 14.3 Å². The number of rotatable bonds is 3. The molecule has 1 aliphatic heterocycles. The molecule has 0 radical (unpaired) electrons. The standard InChI is InChI=1S/C12H22O3Si/c1-9(2)10(3)11(13)14-8-12(16)6-4-5-7-15-12/h4-8H2,1-3,16H3. The Hall–Kier alpha value is -0.613. The van der Waals surface area contributed by atoms with E-state index in [1.807, 2.05) is 13.8 Å². The third-order valence-electron chi connectivity index (χ3n) is 3.12. The summed E-state index contributed by atoms with van der Waals surface area (Å²) in [5.74, 6) is -0.204. The maximum absolute atomic E-state index is 11.6. The zero-order valence-electron chi connectivity index (χ0n) is 10.8. The molecule has 0 bridgehead atoms. The molecule has 1 fully saturated rings. The van der Waals surface area contributed by atoms with Crippen molar-refractivity contribution in [3.63, 3.8) is 0 Å². The lowest BCUT2D eigenvalue weighted by Gasteiger charge is -2.33. The number of hydrogen-bond acceptors (Lipinski definition) is 3. The Kier molecular flexibility index (Phi) is 4.74. The first-order chi connectivity index (χ1) is 7.44. The fourth-order valence-electron chi connectivity index (χ4n) is 1.64. The average molecular weight is 242 g/mol. The highest BCUT2D eigenvalue weighted by atomic mass is 28.1. The molecule has 16 heavy (non-hydrogen) atoms. The molecule has 1 heterocycles. The van der Waals surface area contributed by atoms with E-state index in [2.05, 4.69) is 0 Å². The highest BCUT2D eigenvalue weighted by Crippen LogP contribution is 2.22. The summed E-state index contributed by atoms with van der Waals surface area (Å²) in [5, 5.41) is -0.143. The van der Waals surface area contributed by atoms with E-state index in [0.717, 1.165) is 35.3 Å². The highest BCUT2D eigenvalue weighted by molar-refractivity contribution is 6.14. The molecule has 1 aliphatic rings. The van der Waals surface area contributed by atoms with Crippen LogP contribution in [0.4, 0.5) is 0 Å². The molecule has 0 aromatic heterocycles. The van der Waals surface area contributed by atoms with Crippen LogP contribution in [0.1, 0.15) is 40.0 Å². The molecule has 0 aromatic carbocycles. The predicted molar refractivity (Wildman–Crippen MR) is 67.5 cm³/mol. The Morgan fingerprint density at radius 1 is 1.38 bits per heavy atom. The van der Waals surface area contributed by atoms with Gasteiger partial charge in [0.1, 0.15) is 6.61 Å². The third-order valence-corrected chi connectivity index (χ3v) is 4.19. The summed E-state index contributed by atoms with van der Waals surface area (Å²) in [6, 6.07) is 0. The first kappa shape index (κ1) is 13.5. The molecule has 92 valence electrons. The summed E-state index contributed by atoms with van der Waals surface area (Å²) in [7, 11) is 0.912. The van der Waals surface area contributed by atoms with Gasteiger partial charge in [0, 0.05) is 22.4 Å². The Morgan fingerprint density at radius 3 is 2.56 bits per heavy atom. The Labute approximate surface area is 101 Å². The fraction of sp³-hybridized carbons (Fsp3) is 0.750. The minimum Gasteiger partial charge on any atom is -0.460 e. The average Bonchev–Trinajstić information content (AvgIpc) is 2.26. The van der Waals surface area contributed by atoms with Crippen molar-refractivity contribution in [2.45, 2.75) is 45.3 Å². The van der Waals surface area contributed by atoms with Gasteiger partial charge in [-0.15, -0.1) is 0 Å². The summed E-state index contributed by atoms with van der Waals surface area (Å²) in [5.41, 5.74) is 1.72. The highest BCUT2D eigenvalue weighted by Gasteiger charge is 2.29. The van der Waals surface area contributed by atoms with E-state index in [9.17, 15) is 4.79 Å². The molecule has 4 heteroatoms. The van der Waals surface area contributed by atoms with Gasteiger partial charge in [-0.3, -0.25) is 0 Å². The molecule has 0 aliphatic carbocycles. The van der Waals surface area contributed by atoms with Gasteiger partial charge in [0.25, 0.3) is 0 Å². The summed E-state index contributed by atoms with van der Waals surface area (Å²) in [6.45, 7) is 6.87. The monoisotopic (exact) mass is 242 g/mol. The van der Waals surface area contributed by atoms with E-state index in [1.54, 1.807) is 6.92 Å². The minimum atomic E-state index is -0.204. The number of ether oxygens (including phenoxy) is 2. The van der Waals surface area contributed by atoms with Crippen molar-refractivity contribution in [3.8, 4) is 0 Å². The summed E-state index contributed by atoms with van der Waals surface area (Å²) in [4.78, 5) is 11.6. The third kappa shape index (κ3) is 3.76. The van der Waals surface area contributed by atoms with E-state index in [0.29, 0.717) is 12.2 Å². The van der Waals surface area contributed by atoms with Crippen LogP contribution < -0.4 is 0 Å². The van der Waals surface area contributed by atoms with E-state index in [-0.39, 0.29) is 11.2 Å². The van der Waals surface area contributed by atoms with Gasteiger partial charge >= 0.3 is 5.97 Å².